The Morgan fingerprint density at radius 2 is 1.47 bits per heavy atom. The van der Waals surface area contributed by atoms with Gasteiger partial charge in [0.1, 0.15) is 0 Å². The number of ether oxygens (including phenoxy) is 1. The molecule has 1 atom stereocenters. The number of anilines is 1. The van der Waals surface area contributed by atoms with Gasteiger partial charge in [0.05, 0.1) is 49.8 Å². The van der Waals surface area contributed by atoms with E-state index in [1.165, 1.54) is 6.92 Å². The molecule has 1 aromatic rings. The molecule has 0 fully saturated rings. The standard InChI is InChI=1S/C18H22I3N3O8/c1-7(32-8(2)28)16(29)24-15-13(20)10(17(30)22-3-4-25)12(19)11(14(15)21)18(31)23-9(5-26)6-27/h7,9,25-27H,3-6H2,1-2H3,(H,22,30)(H,23,31)(H,24,29)/t7-/m0/s1. The Hall–Kier alpha value is -0.830. The molecule has 0 bridgehead atoms. The van der Waals surface area contributed by atoms with Crippen LogP contribution in [0, 0.1) is 10.7 Å². The fourth-order valence-corrected chi connectivity index (χ4v) is 6.78. The number of halogens is 3. The molecule has 1 aromatic carbocycles. The molecule has 0 saturated heterocycles. The van der Waals surface area contributed by atoms with Crippen LogP contribution in [-0.4, -0.2) is 77.5 Å². The second-order valence-corrected chi connectivity index (χ2v) is 9.56. The van der Waals surface area contributed by atoms with Crippen molar-refractivity contribution in [2.45, 2.75) is 26.0 Å². The minimum atomic E-state index is -1.13. The number of nitrogens with one attached hydrogen (secondary N) is 3. The van der Waals surface area contributed by atoms with Crippen molar-refractivity contribution in [3.63, 3.8) is 0 Å². The first-order chi connectivity index (χ1) is 15.0. The Kier molecular flexibility index (Phi) is 12.6. The maximum absolute atomic E-state index is 12.9. The van der Waals surface area contributed by atoms with Crippen molar-refractivity contribution in [3.8, 4) is 0 Å². The molecule has 1 rings (SSSR count). The second-order valence-electron chi connectivity index (χ2n) is 6.32. The zero-order chi connectivity index (χ0) is 24.6. The maximum Gasteiger partial charge on any atom is 0.303 e. The fraction of sp³-hybridized carbons (Fsp3) is 0.444. The molecule has 0 heterocycles. The number of amides is 3. The summed E-state index contributed by atoms with van der Waals surface area (Å²) in [6.07, 6.45) is -1.13. The zero-order valence-corrected chi connectivity index (χ0v) is 23.5. The van der Waals surface area contributed by atoms with Crippen molar-refractivity contribution in [2.75, 3.05) is 31.7 Å². The molecular formula is C18H22I3N3O8. The van der Waals surface area contributed by atoms with Gasteiger partial charge in [0, 0.05) is 17.0 Å². The largest absolute Gasteiger partial charge is 0.453 e. The molecule has 0 spiro atoms. The highest BCUT2D eigenvalue weighted by Crippen LogP contribution is 2.36. The third-order valence-electron chi connectivity index (χ3n) is 3.90. The zero-order valence-electron chi connectivity index (χ0n) is 17.0. The van der Waals surface area contributed by atoms with Crippen molar-refractivity contribution < 1.29 is 39.2 Å². The smallest absolute Gasteiger partial charge is 0.303 e. The predicted octanol–water partition coefficient (Wildman–Crippen LogP) is 0.196. The maximum atomic E-state index is 12.9. The topological polar surface area (TPSA) is 174 Å². The summed E-state index contributed by atoms with van der Waals surface area (Å²) in [5, 5.41) is 35.2. The Bertz CT molecular complexity index is 893. The lowest BCUT2D eigenvalue weighted by Crippen LogP contribution is -2.41. The van der Waals surface area contributed by atoms with Crippen LogP contribution in [0.25, 0.3) is 0 Å². The summed E-state index contributed by atoms with van der Waals surface area (Å²) in [5.74, 6) is -2.58. The van der Waals surface area contributed by atoms with Crippen LogP contribution >= 0.6 is 67.8 Å². The highest BCUT2D eigenvalue weighted by atomic mass is 127. The molecule has 0 aromatic heterocycles. The van der Waals surface area contributed by atoms with Gasteiger partial charge < -0.3 is 36.0 Å². The summed E-state index contributed by atoms with van der Waals surface area (Å²) in [5.41, 5.74) is 0.285. The predicted molar refractivity (Wildman–Crippen MR) is 139 cm³/mol. The van der Waals surface area contributed by atoms with Crippen LogP contribution in [-0.2, 0) is 14.3 Å². The SMILES string of the molecule is CC(=O)O[C@@H](C)C(=O)Nc1c(I)c(C(=O)NCCO)c(I)c(C(=O)NC(CO)CO)c1I. The van der Waals surface area contributed by atoms with Gasteiger partial charge in [-0.15, -0.1) is 0 Å². The van der Waals surface area contributed by atoms with E-state index in [0.29, 0.717) is 7.14 Å². The number of carbonyl (C=O) groups excluding carboxylic acids is 4. The number of benzene rings is 1. The number of rotatable bonds is 10. The summed E-state index contributed by atoms with van der Waals surface area (Å²) in [6.45, 7) is 1.20. The quantitative estimate of drug-likeness (QED) is 0.144. The van der Waals surface area contributed by atoms with Gasteiger partial charge in [-0.25, -0.2) is 0 Å². The summed E-state index contributed by atoms with van der Waals surface area (Å²) < 4.78 is 5.77. The van der Waals surface area contributed by atoms with Crippen molar-refractivity contribution in [1.82, 2.24) is 10.6 Å². The van der Waals surface area contributed by atoms with Gasteiger partial charge in [0.2, 0.25) is 0 Å². The average molecular weight is 789 g/mol. The Balaban J connectivity index is 3.59. The first-order valence-electron chi connectivity index (χ1n) is 9.10. The van der Waals surface area contributed by atoms with Crippen molar-refractivity contribution in [1.29, 1.82) is 0 Å². The van der Waals surface area contributed by atoms with Crippen LogP contribution in [0.2, 0.25) is 0 Å². The van der Waals surface area contributed by atoms with E-state index in [1.807, 2.05) is 67.8 Å². The Morgan fingerprint density at radius 3 is 1.94 bits per heavy atom. The highest BCUT2D eigenvalue weighted by Gasteiger charge is 2.30. The van der Waals surface area contributed by atoms with E-state index >= 15 is 0 Å². The molecule has 0 aliphatic carbocycles. The van der Waals surface area contributed by atoms with Gasteiger partial charge in [-0.3, -0.25) is 19.2 Å². The molecule has 0 aliphatic heterocycles. The number of aliphatic hydroxyl groups is 3. The van der Waals surface area contributed by atoms with E-state index in [-0.39, 0.29) is 33.5 Å². The van der Waals surface area contributed by atoms with Gasteiger partial charge in [0.25, 0.3) is 17.7 Å². The highest BCUT2D eigenvalue weighted by molar-refractivity contribution is 14.1. The Morgan fingerprint density at radius 1 is 0.938 bits per heavy atom. The molecule has 3 amide bonds. The first kappa shape index (κ1) is 29.2. The third kappa shape index (κ3) is 7.61. The average Bonchev–Trinajstić information content (AvgIpc) is 2.72. The first-order valence-corrected chi connectivity index (χ1v) is 12.3. The molecule has 11 nitrogen and oxygen atoms in total. The van der Waals surface area contributed by atoms with Crippen LogP contribution in [0.5, 0.6) is 0 Å². The third-order valence-corrected chi connectivity index (χ3v) is 7.14. The molecule has 14 heteroatoms. The minimum Gasteiger partial charge on any atom is -0.453 e. The molecule has 6 N–H and O–H groups in total. The van der Waals surface area contributed by atoms with Gasteiger partial charge >= 0.3 is 5.97 Å². The van der Waals surface area contributed by atoms with Crippen molar-refractivity contribution in [3.05, 3.63) is 21.8 Å². The van der Waals surface area contributed by atoms with Crippen LogP contribution in [0.15, 0.2) is 0 Å². The number of aliphatic hydroxyl groups excluding tert-OH is 3. The lowest BCUT2D eigenvalue weighted by Gasteiger charge is -2.21. The molecule has 178 valence electrons. The monoisotopic (exact) mass is 789 g/mol. The van der Waals surface area contributed by atoms with Crippen LogP contribution in [0.3, 0.4) is 0 Å². The van der Waals surface area contributed by atoms with Gasteiger partial charge in [-0.2, -0.15) is 0 Å². The van der Waals surface area contributed by atoms with Gasteiger partial charge in [-0.05, 0) is 74.7 Å². The lowest BCUT2D eigenvalue weighted by atomic mass is 10.1. The van der Waals surface area contributed by atoms with E-state index in [2.05, 4.69) is 16.0 Å². The molecule has 0 unspecified atom stereocenters. The molecule has 0 saturated carbocycles. The molecule has 0 aliphatic rings. The van der Waals surface area contributed by atoms with Gasteiger partial charge in [0.15, 0.2) is 6.10 Å². The van der Waals surface area contributed by atoms with E-state index < -0.39 is 49.1 Å². The fourth-order valence-electron chi connectivity index (χ4n) is 2.36. The summed E-state index contributed by atoms with van der Waals surface area (Å²) in [4.78, 5) is 49.4. The van der Waals surface area contributed by atoms with Gasteiger partial charge in [-0.1, -0.05) is 0 Å². The second kappa shape index (κ2) is 13.8. The van der Waals surface area contributed by atoms with Crippen LogP contribution < -0.4 is 16.0 Å². The van der Waals surface area contributed by atoms with Crippen molar-refractivity contribution in [2.24, 2.45) is 0 Å². The number of hydrogen-bond donors (Lipinski definition) is 6. The van der Waals surface area contributed by atoms with E-state index in [1.54, 1.807) is 0 Å². The van der Waals surface area contributed by atoms with E-state index in [4.69, 9.17) is 9.84 Å². The van der Waals surface area contributed by atoms with Crippen molar-refractivity contribution >= 4 is 97.2 Å². The number of carbonyl (C=O) groups is 4. The van der Waals surface area contributed by atoms with E-state index in [0.717, 1.165) is 6.92 Å². The van der Waals surface area contributed by atoms with Crippen LogP contribution in [0.4, 0.5) is 5.69 Å². The summed E-state index contributed by atoms with van der Waals surface area (Å²) >= 11 is 5.52. The normalized spacial score (nSPS) is 11.7. The molecular weight excluding hydrogens is 767 g/mol. The van der Waals surface area contributed by atoms with E-state index in [9.17, 15) is 29.4 Å². The molecule has 32 heavy (non-hydrogen) atoms. The lowest BCUT2D eigenvalue weighted by molar-refractivity contribution is -0.150. The van der Waals surface area contributed by atoms with Crippen LogP contribution in [0.1, 0.15) is 34.6 Å². The number of hydrogen-bond acceptors (Lipinski definition) is 8. The molecule has 0 radical (unpaired) electrons. The summed E-state index contributed by atoms with van der Waals surface area (Å²) in [7, 11) is 0. The Labute approximate surface area is 224 Å². The summed E-state index contributed by atoms with van der Waals surface area (Å²) in [6, 6.07) is -0.929. The number of esters is 1. The minimum absolute atomic E-state index is 0.0270.